The van der Waals surface area contributed by atoms with Crippen molar-refractivity contribution in [3.63, 3.8) is 0 Å². The van der Waals surface area contributed by atoms with Crippen molar-refractivity contribution in [2.75, 3.05) is 14.2 Å². The number of nitrogens with zero attached hydrogens (tertiary/aromatic N) is 1. The molecular weight excluding hydrogens is 278 g/mol. The van der Waals surface area contributed by atoms with Crippen LogP contribution in [0.25, 0.3) is 5.32 Å². The molecule has 0 fully saturated rings. The molecule has 0 aliphatic rings. The van der Waals surface area contributed by atoms with Crippen LogP contribution >= 0.6 is 0 Å². The maximum atomic E-state index is 9.79. The van der Waals surface area contributed by atoms with Crippen LogP contribution in [0.15, 0.2) is 0 Å². The van der Waals surface area contributed by atoms with Gasteiger partial charge in [0.05, 0.1) is 7.11 Å². The van der Waals surface area contributed by atoms with Gasteiger partial charge < -0.3 is 10.1 Å². The maximum absolute atomic E-state index is 9.79. The van der Waals surface area contributed by atoms with Gasteiger partial charge >= 0.3 is 0 Å². The summed E-state index contributed by atoms with van der Waals surface area (Å²) in [5, 5.41) is 3.15. The Hall–Kier alpha value is -0.0417. The van der Waals surface area contributed by atoms with E-state index >= 15 is 0 Å². The Labute approximate surface area is 64.1 Å². The van der Waals surface area contributed by atoms with Crippen LogP contribution in [0.3, 0.4) is 0 Å². The molecule has 0 unspecified atom stereocenters. The largest absolute Gasteiger partial charge is 0.620 e. The Morgan fingerprint density at radius 3 is 2.00 bits per heavy atom. The molecule has 0 N–H and O–H groups in total. The minimum Gasteiger partial charge on any atom is -0.620 e. The van der Waals surface area contributed by atoms with Gasteiger partial charge in [-0.3, -0.25) is 4.79 Å². The van der Waals surface area contributed by atoms with Gasteiger partial charge in [0.25, 0.3) is 0 Å². The molecule has 0 aliphatic carbocycles. The molecule has 0 radical (unpaired) electrons. The van der Waals surface area contributed by atoms with Gasteiger partial charge in [-0.25, -0.2) is 0 Å². The van der Waals surface area contributed by atoms with E-state index in [4.69, 9.17) is 0 Å². The van der Waals surface area contributed by atoms with Crippen LogP contribution in [0.1, 0.15) is 7.43 Å². The van der Waals surface area contributed by atoms with Crippen molar-refractivity contribution in [2.24, 2.45) is 0 Å². The number of hydrogen-bond acceptors (Lipinski definition) is 2. The molecule has 0 aliphatic heterocycles. The van der Waals surface area contributed by atoms with E-state index in [1.807, 2.05) is 0 Å². The predicted octanol–water partition coefficient (Wildman–Crippen LogP) is 1.39. The predicted molar refractivity (Wildman–Crippen MR) is 28.4 cm³/mol. The molecule has 50 valence electrons. The summed E-state index contributed by atoms with van der Waals surface area (Å²) < 4.78 is 4.09. The smallest absolute Gasteiger partial charge is 0.228 e. The molecule has 0 spiro atoms. The third-order valence-corrected chi connectivity index (χ3v) is 0.357. The Kier molecular flexibility index (Phi) is 19.7. The molecule has 0 aromatic carbocycles. The first-order valence-corrected chi connectivity index (χ1v) is 1.49. The molecule has 0 atom stereocenters. The second-order valence-electron chi connectivity index (χ2n) is 0.694. The molecule has 4 heteroatoms. The molecule has 0 saturated carbocycles. The normalized spacial score (nSPS) is 5.25. The third kappa shape index (κ3) is 9.35. The molecule has 0 aromatic heterocycles. The van der Waals surface area contributed by atoms with E-state index < -0.39 is 6.09 Å². The summed E-state index contributed by atoms with van der Waals surface area (Å²) in [6, 6.07) is 0. The summed E-state index contributed by atoms with van der Waals surface area (Å²) in [7, 11) is 2.67. The van der Waals surface area contributed by atoms with Crippen LogP contribution < -0.4 is 0 Å². The average Bonchev–Trinajstić information content (AvgIpc) is 1.65. The van der Waals surface area contributed by atoms with Crippen molar-refractivity contribution in [2.45, 2.75) is 7.43 Å². The van der Waals surface area contributed by atoms with Crippen LogP contribution in [0, 0.1) is 0 Å². The fourth-order valence-corrected chi connectivity index (χ4v) is 0.0913. The van der Waals surface area contributed by atoms with Crippen LogP contribution in [0.5, 0.6) is 0 Å². The van der Waals surface area contributed by atoms with E-state index in [0.717, 1.165) is 0 Å². The van der Waals surface area contributed by atoms with E-state index in [1.54, 1.807) is 0 Å². The number of ether oxygens (including phenoxy) is 1. The quantitative estimate of drug-likeness (QED) is 0.676. The summed E-state index contributed by atoms with van der Waals surface area (Å²) >= 11 is 0. The summed E-state index contributed by atoms with van der Waals surface area (Å²) in [6.45, 7) is 0. The fraction of sp³-hybridized carbons (Fsp3) is 0.750. The molecule has 0 saturated heterocycles. The zero-order chi connectivity index (χ0) is 4.99. The van der Waals surface area contributed by atoms with Crippen molar-refractivity contribution >= 4 is 6.09 Å². The Morgan fingerprint density at radius 2 is 2.00 bits per heavy atom. The molecule has 0 aromatic rings. The standard InChI is InChI=1S/C3H7NO2.CH4.W/c1-4-3(5)6-2;;/h1-2H3,(H,4,5);1H4;/p-1. The van der Waals surface area contributed by atoms with Crippen LogP contribution in [-0.2, 0) is 25.8 Å². The van der Waals surface area contributed by atoms with Gasteiger partial charge in [0.2, 0.25) is 6.09 Å². The molecule has 0 heterocycles. The first-order chi connectivity index (χ1) is 2.81. The zero-order valence-corrected chi connectivity index (χ0v) is 7.11. The minimum absolute atomic E-state index is 0. The first kappa shape index (κ1) is 15.7. The minimum atomic E-state index is -0.532. The summed E-state index contributed by atoms with van der Waals surface area (Å²) in [5.41, 5.74) is 0. The number of hydrogen-bond donors (Lipinski definition) is 0. The van der Waals surface area contributed by atoms with Gasteiger partial charge in [-0.05, 0) is 0 Å². The molecule has 3 nitrogen and oxygen atoms in total. The number of carbonyl (C=O) groups excluding carboxylic acids is 1. The van der Waals surface area contributed by atoms with Crippen molar-refractivity contribution in [3.8, 4) is 0 Å². The second-order valence-corrected chi connectivity index (χ2v) is 0.694. The van der Waals surface area contributed by atoms with Crippen molar-refractivity contribution < 1.29 is 30.6 Å². The molecular formula is C4H10NO2W-. The van der Waals surface area contributed by atoms with Crippen molar-refractivity contribution in [1.29, 1.82) is 0 Å². The van der Waals surface area contributed by atoms with E-state index in [0.29, 0.717) is 0 Å². The Morgan fingerprint density at radius 1 is 1.62 bits per heavy atom. The SMILES string of the molecule is C.C[N-]C(=O)OC.[W]. The number of rotatable bonds is 0. The first-order valence-electron chi connectivity index (χ1n) is 1.49. The zero-order valence-electron chi connectivity index (χ0n) is 4.17. The van der Waals surface area contributed by atoms with E-state index in [1.165, 1.54) is 14.2 Å². The summed E-state index contributed by atoms with van der Waals surface area (Å²) in [4.78, 5) is 9.79. The summed E-state index contributed by atoms with van der Waals surface area (Å²) in [5.74, 6) is 0. The molecule has 0 rings (SSSR count). The van der Waals surface area contributed by atoms with Crippen molar-refractivity contribution in [1.82, 2.24) is 0 Å². The average molecular weight is 288 g/mol. The number of carbonyl (C=O) groups is 1. The number of methoxy groups -OCH3 is 1. The van der Waals surface area contributed by atoms with E-state index in [2.05, 4.69) is 10.1 Å². The molecule has 1 amide bonds. The monoisotopic (exact) mass is 288 g/mol. The molecule has 8 heavy (non-hydrogen) atoms. The topological polar surface area (TPSA) is 40.4 Å². The van der Waals surface area contributed by atoms with E-state index in [-0.39, 0.29) is 28.5 Å². The van der Waals surface area contributed by atoms with Crippen LogP contribution in [0.4, 0.5) is 4.79 Å². The Balaban J connectivity index is -0.000000125. The van der Waals surface area contributed by atoms with Gasteiger partial charge in [0, 0.05) is 21.1 Å². The van der Waals surface area contributed by atoms with Gasteiger partial charge in [0.1, 0.15) is 0 Å². The van der Waals surface area contributed by atoms with Crippen molar-refractivity contribution in [3.05, 3.63) is 5.32 Å². The van der Waals surface area contributed by atoms with E-state index in [9.17, 15) is 4.79 Å². The Bertz CT molecular complexity index is 52.0. The summed E-state index contributed by atoms with van der Waals surface area (Å²) in [6.07, 6.45) is -0.532. The second kappa shape index (κ2) is 10.0. The van der Waals surface area contributed by atoms with Gasteiger partial charge in [-0.1, -0.05) is 7.43 Å². The van der Waals surface area contributed by atoms with Gasteiger partial charge in [-0.2, -0.15) is 0 Å². The van der Waals surface area contributed by atoms with Crippen LogP contribution in [-0.4, -0.2) is 20.3 Å². The molecule has 0 bridgehead atoms. The maximum Gasteiger partial charge on any atom is 0.228 e. The van der Waals surface area contributed by atoms with Gasteiger partial charge in [0.15, 0.2) is 0 Å². The fourth-order valence-electron chi connectivity index (χ4n) is 0.0913. The third-order valence-electron chi connectivity index (χ3n) is 0.357. The van der Waals surface area contributed by atoms with Gasteiger partial charge in [-0.15, -0.1) is 7.05 Å². The van der Waals surface area contributed by atoms with Crippen LogP contribution in [0.2, 0.25) is 0 Å². The number of amides is 1.